The monoisotopic (exact) mass is 366 g/mol. The third kappa shape index (κ3) is 3.87. The van der Waals surface area contributed by atoms with Crippen LogP contribution in [0, 0.1) is 0 Å². The van der Waals surface area contributed by atoms with Crippen LogP contribution in [0.2, 0.25) is 0 Å². The Morgan fingerprint density at radius 2 is 1.85 bits per heavy atom. The van der Waals surface area contributed by atoms with Gasteiger partial charge in [0.1, 0.15) is 23.0 Å². The third-order valence-electron chi connectivity index (χ3n) is 4.11. The minimum absolute atomic E-state index is 0.198. The lowest BCUT2D eigenvalue weighted by Crippen LogP contribution is -2.49. The Morgan fingerprint density at radius 1 is 1.12 bits per heavy atom. The van der Waals surface area contributed by atoms with E-state index in [1.54, 1.807) is 19.4 Å². The number of amides is 1. The van der Waals surface area contributed by atoms with Crippen LogP contribution in [0.15, 0.2) is 36.5 Å². The van der Waals surface area contributed by atoms with Gasteiger partial charge >= 0.3 is 6.18 Å². The lowest BCUT2D eigenvalue weighted by Gasteiger charge is -2.35. The fraction of sp³-hybridized carbons (Fsp3) is 0.353. The van der Waals surface area contributed by atoms with Crippen molar-refractivity contribution < 1.29 is 22.7 Å². The topological polar surface area (TPSA) is 58.6 Å². The molecule has 0 atom stereocenters. The molecule has 0 bridgehead atoms. The van der Waals surface area contributed by atoms with E-state index in [0.717, 1.165) is 11.9 Å². The Labute approximate surface area is 148 Å². The average molecular weight is 366 g/mol. The second-order valence-corrected chi connectivity index (χ2v) is 5.74. The van der Waals surface area contributed by atoms with Gasteiger partial charge in [-0.2, -0.15) is 13.2 Å². The van der Waals surface area contributed by atoms with Gasteiger partial charge in [-0.3, -0.25) is 4.79 Å². The summed E-state index contributed by atoms with van der Waals surface area (Å²) in [7, 11) is 1.56. The summed E-state index contributed by atoms with van der Waals surface area (Å²) in [6.07, 6.45) is -2.96. The van der Waals surface area contributed by atoms with Crippen molar-refractivity contribution in [3.63, 3.8) is 0 Å². The van der Waals surface area contributed by atoms with Gasteiger partial charge in [-0.1, -0.05) is 6.07 Å². The summed E-state index contributed by atoms with van der Waals surface area (Å²) < 4.78 is 43.3. The second kappa shape index (κ2) is 7.19. The molecule has 3 heterocycles. The minimum Gasteiger partial charge on any atom is -0.495 e. The molecule has 1 amide bonds. The molecule has 1 fully saturated rings. The van der Waals surface area contributed by atoms with Gasteiger partial charge in [0.05, 0.1) is 13.3 Å². The summed E-state index contributed by atoms with van der Waals surface area (Å²) in [4.78, 5) is 23.7. The van der Waals surface area contributed by atoms with Crippen molar-refractivity contribution in [2.24, 2.45) is 0 Å². The lowest BCUT2D eigenvalue weighted by molar-refractivity contribution is -0.141. The van der Waals surface area contributed by atoms with Crippen LogP contribution in [-0.4, -0.2) is 54.1 Å². The molecule has 6 nitrogen and oxygen atoms in total. The van der Waals surface area contributed by atoms with Crippen LogP contribution in [-0.2, 0) is 6.18 Å². The molecule has 1 aliphatic rings. The fourth-order valence-electron chi connectivity index (χ4n) is 2.69. The number of halogens is 3. The van der Waals surface area contributed by atoms with E-state index in [-0.39, 0.29) is 5.69 Å². The maximum absolute atomic E-state index is 12.8. The van der Waals surface area contributed by atoms with E-state index < -0.39 is 17.8 Å². The molecule has 1 aliphatic heterocycles. The normalized spacial score (nSPS) is 15.1. The number of hydrogen-bond donors (Lipinski definition) is 0. The smallest absolute Gasteiger partial charge is 0.433 e. The molecule has 0 aromatic carbocycles. The average Bonchev–Trinajstić information content (AvgIpc) is 2.67. The summed E-state index contributed by atoms with van der Waals surface area (Å²) in [5, 5.41) is 0. The number of anilines is 1. The highest BCUT2D eigenvalue weighted by molar-refractivity contribution is 5.92. The number of ether oxygens (including phenoxy) is 1. The molecule has 0 N–H and O–H groups in total. The van der Waals surface area contributed by atoms with Gasteiger partial charge in [0, 0.05) is 26.2 Å². The number of rotatable bonds is 3. The first-order valence-electron chi connectivity index (χ1n) is 7.97. The first-order valence-corrected chi connectivity index (χ1v) is 7.97. The van der Waals surface area contributed by atoms with Crippen molar-refractivity contribution in [2.75, 3.05) is 38.2 Å². The number of alkyl halides is 3. The summed E-state index contributed by atoms with van der Waals surface area (Å²) in [6, 6.07) is 6.97. The van der Waals surface area contributed by atoms with E-state index >= 15 is 0 Å². The molecule has 26 heavy (non-hydrogen) atoms. The zero-order valence-corrected chi connectivity index (χ0v) is 14.0. The van der Waals surface area contributed by atoms with E-state index in [4.69, 9.17) is 4.74 Å². The van der Waals surface area contributed by atoms with Crippen LogP contribution in [0.5, 0.6) is 5.75 Å². The molecule has 1 saturated heterocycles. The van der Waals surface area contributed by atoms with Gasteiger partial charge in [0.15, 0.2) is 0 Å². The van der Waals surface area contributed by atoms with E-state index in [0.29, 0.717) is 31.9 Å². The van der Waals surface area contributed by atoms with Crippen LogP contribution in [0.1, 0.15) is 16.2 Å². The first-order chi connectivity index (χ1) is 12.4. The lowest BCUT2D eigenvalue weighted by atomic mass is 10.2. The van der Waals surface area contributed by atoms with Crippen molar-refractivity contribution in [3.05, 3.63) is 47.9 Å². The Balaban J connectivity index is 1.65. The van der Waals surface area contributed by atoms with E-state index in [1.165, 1.54) is 17.0 Å². The van der Waals surface area contributed by atoms with Crippen LogP contribution < -0.4 is 9.64 Å². The molecular weight excluding hydrogens is 349 g/mol. The summed E-state index contributed by atoms with van der Waals surface area (Å²) in [6.45, 7) is 1.82. The van der Waals surface area contributed by atoms with Crippen LogP contribution in [0.3, 0.4) is 0 Å². The molecule has 0 spiro atoms. The first kappa shape index (κ1) is 18.0. The number of carbonyl (C=O) groups is 1. The highest BCUT2D eigenvalue weighted by atomic mass is 19.4. The van der Waals surface area contributed by atoms with Crippen molar-refractivity contribution >= 4 is 11.7 Å². The quantitative estimate of drug-likeness (QED) is 0.835. The maximum Gasteiger partial charge on any atom is 0.433 e. The van der Waals surface area contributed by atoms with Crippen molar-refractivity contribution in [1.82, 2.24) is 14.9 Å². The third-order valence-corrected chi connectivity index (χ3v) is 4.11. The highest BCUT2D eigenvalue weighted by Crippen LogP contribution is 2.27. The molecule has 2 aromatic heterocycles. The molecule has 0 unspecified atom stereocenters. The van der Waals surface area contributed by atoms with Crippen molar-refractivity contribution in [3.8, 4) is 5.75 Å². The van der Waals surface area contributed by atoms with Gasteiger partial charge in [0.2, 0.25) is 0 Å². The molecular formula is C17H17F3N4O2. The Bertz CT molecular complexity index is 772. The minimum atomic E-state index is -4.57. The van der Waals surface area contributed by atoms with E-state index in [1.807, 2.05) is 11.0 Å². The highest BCUT2D eigenvalue weighted by Gasteiger charge is 2.33. The number of pyridine rings is 2. The predicted molar refractivity (Wildman–Crippen MR) is 88.1 cm³/mol. The summed E-state index contributed by atoms with van der Waals surface area (Å²) in [5.41, 5.74) is -1.26. The Kier molecular flexibility index (Phi) is 4.97. The van der Waals surface area contributed by atoms with Gasteiger partial charge in [-0.15, -0.1) is 0 Å². The number of piperazine rings is 1. The van der Waals surface area contributed by atoms with Crippen LogP contribution >= 0.6 is 0 Å². The van der Waals surface area contributed by atoms with E-state index in [2.05, 4.69) is 9.97 Å². The number of aromatic nitrogens is 2. The van der Waals surface area contributed by atoms with Crippen molar-refractivity contribution in [1.29, 1.82) is 0 Å². The number of nitrogens with zero attached hydrogens (tertiary/aromatic N) is 4. The fourth-order valence-corrected chi connectivity index (χ4v) is 2.69. The molecule has 9 heteroatoms. The molecule has 2 aromatic rings. The molecule has 0 aliphatic carbocycles. The maximum atomic E-state index is 12.8. The Hall–Kier alpha value is -2.84. The summed E-state index contributed by atoms with van der Waals surface area (Å²) in [5.74, 6) is 0.909. The Morgan fingerprint density at radius 3 is 2.42 bits per heavy atom. The number of hydrogen-bond acceptors (Lipinski definition) is 5. The zero-order chi connectivity index (χ0) is 18.7. The number of methoxy groups -OCH3 is 1. The van der Waals surface area contributed by atoms with Gasteiger partial charge < -0.3 is 14.5 Å². The largest absolute Gasteiger partial charge is 0.495 e. The molecule has 3 rings (SSSR count). The predicted octanol–water partition coefficient (Wildman–Crippen LogP) is 2.47. The SMILES string of the molecule is COc1ccc(N2CCN(C(=O)c3cccc(C(F)(F)F)n3)CC2)nc1. The number of carbonyl (C=O) groups excluding carboxylic acids is 1. The molecule has 0 saturated carbocycles. The molecule has 0 radical (unpaired) electrons. The summed E-state index contributed by atoms with van der Waals surface area (Å²) >= 11 is 0. The second-order valence-electron chi connectivity index (χ2n) is 5.74. The van der Waals surface area contributed by atoms with Crippen molar-refractivity contribution in [2.45, 2.75) is 6.18 Å². The molecule has 138 valence electrons. The standard InChI is InChI=1S/C17H17F3N4O2/c1-26-12-5-6-15(21-11-12)23-7-9-24(10-8-23)16(25)13-3-2-4-14(22-13)17(18,19)20/h2-6,11H,7-10H2,1H3. The van der Waals surface area contributed by atoms with Gasteiger partial charge in [-0.25, -0.2) is 9.97 Å². The van der Waals surface area contributed by atoms with Gasteiger partial charge in [0.25, 0.3) is 5.91 Å². The van der Waals surface area contributed by atoms with Crippen LogP contribution in [0.4, 0.5) is 19.0 Å². The van der Waals surface area contributed by atoms with E-state index in [9.17, 15) is 18.0 Å². The van der Waals surface area contributed by atoms with Crippen LogP contribution in [0.25, 0.3) is 0 Å². The zero-order valence-electron chi connectivity index (χ0n) is 14.0. The van der Waals surface area contributed by atoms with Gasteiger partial charge in [-0.05, 0) is 24.3 Å².